The van der Waals surface area contributed by atoms with Gasteiger partial charge in [-0.05, 0) is 23.8 Å². The van der Waals surface area contributed by atoms with Gasteiger partial charge in [0.25, 0.3) is 5.91 Å². The van der Waals surface area contributed by atoms with E-state index in [9.17, 15) is 9.59 Å². The van der Waals surface area contributed by atoms with Crippen molar-refractivity contribution in [2.24, 2.45) is 0 Å². The monoisotopic (exact) mass is 323 g/mol. The van der Waals surface area contributed by atoms with E-state index in [1.165, 1.54) is 12.0 Å². The van der Waals surface area contributed by atoms with Crippen LogP contribution in [0.5, 0.6) is 5.75 Å². The van der Waals surface area contributed by atoms with Crippen molar-refractivity contribution in [1.82, 2.24) is 4.90 Å². The van der Waals surface area contributed by atoms with Gasteiger partial charge >= 0.3 is 5.97 Å². The highest BCUT2D eigenvalue weighted by Crippen LogP contribution is 2.32. The van der Waals surface area contributed by atoms with Crippen LogP contribution in [0.2, 0.25) is 0 Å². The summed E-state index contributed by atoms with van der Waals surface area (Å²) in [5.74, 6) is -0.0964. The number of carbonyl (C=O) groups excluding carboxylic acids is 2. The number of methoxy groups -OCH3 is 2. The highest BCUT2D eigenvalue weighted by atomic mass is 32.2. The van der Waals surface area contributed by atoms with E-state index in [1.54, 1.807) is 13.2 Å². The van der Waals surface area contributed by atoms with Gasteiger partial charge in [-0.3, -0.25) is 14.5 Å². The minimum atomic E-state index is -0.506. The van der Waals surface area contributed by atoms with Crippen molar-refractivity contribution in [3.8, 4) is 5.75 Å². The van der Waals surface area contributed by atoms with Crippen molar-refractivity contribution in [2.75, 3.05) is 20.8 Å². The van der Waals surface area contributed by atoms with Gasteiger partial charge in [0.05, 0.1) is 19.1 Å². The van der Waals surface area contributed by atoms with E-state index < -0.39 is 5.97 Å². The van der Waals surface area contributed by atoms with Gasteiger partial charge in [-0.1, -0.05) is 36.1 Å². The van der Waals surface area contributed by atoms with E-state index >= 15 is 0 Å². The Hall–Kier alpha value is -1.86. The van der Waals surface area contributed by atoms with Crippen LogP contribution in [-0.2, 0) is 14.3 Å². The molecule has 0 atom stereocenters. The summed E-state index contributed by atoms with van der Waals surface area (Å²) in [5, 5.41) is 0. The van der Waals surface area contributed by atoms with E-state index in [0.29, 0.717) is 15.0 Å². The number of ether oxygens (including phenoxy) is 2. The Bertz CT molecular complexity index is 627. The largest absolute Gasteiger partial charge is 0.497 e. The first-order valence-electron chi connectivity index (χ1n) is 6.01. The number of thioether (sulfide) groups is 1. The van der Waals surface area contributed by atoms with Gasteiger partial charge in [-0.2, -0.15) is 0 Å². The lowest BCUT2D eigenvalue weighted by atomic mass is 10.2. The van der Waals surface area contributed by atoms with Crippen LogP contribution in [-0.4, -0.2) is 41.9 Å². The molecule has 1 amide bonds. The fraction of sp³-hybridized carbons (Fsp3) is 0.214. The van der Waals surface area contributed by atoms with Gasteiger partial charge in [0, 0.05) is 0 Å². The Balaban J connectivity index is 2.21. The molecule has 7 heteroatoms. The van der Waals surface area contributed by atoms with Crippen LogP contribution >= 0.6 is 24.0 Å². The Labute approximate surface area is 131 Å². The lowest BCUT2D eigenvalue weighted by Gasteiger charge is -2.11. The second kappa shape index (κ2) is 6.73. The Morgan fingerprint density at radius 2 is 2.19 bits per heavy atom. The van der Waals surface area contributed by atoms with Crippen molar-refractivity contribution in [3.63, 3.8) is 0 Å². The maximum atomic E-state index is 12.2. The van der Waals surface area contributed by atoms with Crippen LogP contribution in [0.4, 0.5) is 0 Å². The normalized spacial score (nSPS) is 16.5. The van der Waals surface area contributed by atoms with Gasteiger partial charge < -0.3 is 9.47 Å². The summed E-state index contributed by atoms with van der Waals surface area (Å²) in [4.78, 5) is 25.2. The number of benzene rings is 1. The first-order valence-corrected chi connectivity index (χ1v) is 7.24. The number of nitrogens with zero attached hydrogens (tertiary/aromatic N) is 1. The van der Waals surface area contributed by atoms with E-state index in [1.807, 2.05) is 24.3 Å². The fourth-order valence-corrected chi connectivity index (χ4v) is 2.97. The molecule has 2 rings (SSSR count). The number of hydrogen-bond donors (Lipinski definition) is 0. The summed E-state index contributed by atoms with van der Waals surface area (Å²) < 4.78 is 10.0. The van der Waals surface area contributed by atoms with E-state index in [2.05, 4.69) is 4.74 Å². The minimum absolute atomic E-state index is 0.170. The number of esters is 1. The zero-order valence-corrected chi connectivity index (χ0v) is 13.1. The van der Waals surface area contributed by atoms with Gasteiger partial charge in [-0.15, -0.1) is 0 Å². The lowest BCUT2D eigenvalue weighted by molar-refractivity contribution is -0.143. The lowest BCUT2D eigenvalue weighted by Crippen LogP contribution is -2.33. The molecule has 1 aliphatic heterocycles. The first-order chi connectivity index (χ1) is 10.0. The molecule has 1 aromatic carbocycles. The maximum absolute atomic E-state index is 12.2. The third-order valence-electron chi connectivity index (χ3n) is 2.78. The molecule has 1 heterocycles. The molecule has 21 heavy (non-hydrogen) atoms. The minimum Gasteiger partial charge on any atom is -0.497 e. The number of rotatable bonds is 4. The van der Waals surface area contributed by atoms with Crippen LogP contribution in [0.15, 0.2) is 29.2 Å². The zero-order chi connectivity index (χ0) is 15.4. The molecule has 0 bridgehead atoms. The summed E-state index contributed by atoms with van der Waals surface area (Å²) >= 11 is 6.28. The second-order valence-corrected chi connectivity index (χ2v) is 5.80. The third kappa shape index (κ3) is 3.62. The summed E-state index contributed by atoms with van der Waals surface area (Å²) in [6.45, 7) is -0.170. The van der Waals surface area contributed by atoms with Crippen molar-refractivity contribution in [3.05, 3.63) is 34.7 Å². The van der Waals surface area contributed by atoms with Crippen molar-refractivity contribution >= 4 is 46.3 Å². The summed E-state index contributed by atoms with van der Waals surface area (Å²) in [7, 11) is 2.85. The van der Waals surface area contributed by atoms with Gasteiger partial charge in [0.15, 0.2) is 0 Å². The quantitative estimate of drug-likeness (QED) is 0.480. The molecule has 1 saturated heterocycles. The molecule has 0 radical (unpaired) electrons. The van der Waals surface area contributed by atoms with Gasteiger partial charge in [-0.25, -0.2) is 0 Å². The first kappa shape index (κ1) is 15.5. The van der Waals surface area contributed by atoms with Crippen molar-refractivity contribution in [2.45, 2.75) is 0 Å². The number of amides is 1. The molecule has 0 saturated carbocycles. The van der Waals surface area contributed by atoms with Gasteiger partial charge in [0.2, 0.25) is 0 Å². The fourth-order valence-electron chi connectivity index (χ4n) is 1.71. The molecule has 0 aromatic heterocycles. The van der Waals surface area contributed by atoms with E-state index in [0.717, 1.165) is 17.3 Å². The molecule has 1 fully saturated rings. The molecular weight excluding hydrogens is 310 g/mol. The van der Waals surface area contributed by atoms with Crippen LogP contribution in [0, 0.1) is 0 Å². The Morgan fingerprint density at radius 1 is 1.43 bits per heavy atom. The standard InChI is InChI=1S/C14H13NO4S2/c1-18-10-5-3-4-9(6-10)7-11-13(17)15(14(20)21-11)8-12(16)19-2/h3-7H,8H2,1-2H3/b11-7+. The smallest absolute Gasteiger partial charge is 0.325 e. The molecule has 1 aliphatic rings. The van der Waals surface area contributed by atoms with Gasteiger partial charge in [0.1, 0.15) is 16.6 Å². The Kier molecular flexibility index (Phi) is 4.98. The van der Waals surface area contributed by atoms with Crippen LogP contribution in [0.25, 0.3) is 6.08 Å². The van der Waals surface area contributed by atoms with E-state index in [-0.39, 0.29) is 12.5 Å². The third-order valence-corrected chi connectivity index (χ3v) is 4.16. The molecule has 1 aromatic rings. The summed E-state index contributed by atoms with van der Waals surface area (Å²) in [6.07, 6.45) is 1.72. The number of carbonyl (C=O) groups is 2. The highest BCUT2D eigenvalue weighted by Gasteiger charge is 2.33. The highest BCUT2D eigenvalue weighted by molar-refractivity contribution is 8.26. The Morgan fingerprint density at radius 3 is 2.86 bits per heavy atom. The molecule has 5 nitrogen and oxygen atoms in total. The molecule has 0 N–H and O–H groups in total. The van der Waals surface area contributed by atoms with Crippen molar-refractivity contribution < 1.29 is 19.1 Å². The average molecular weight is 323 g/mol. The predicted molar refractivity (Wildman–Crippen MR) is 84.9 cm³/mol. The van der Waals surface area contributed by atoms with E-state index in [4.69, 9.17) is 17.0 Å². The van der Waals surface area contributed by atoms with Crippen LogP contribution < -0.4 is 4.74 Å². The average Bonchev–Trinajstić information content (AvgIpc) is 2.75. The number of thiocarbonyl (C=S) groups is 1. The topological polar surface area (TPSA) is 55.8 Å². The summed E-state index contributed by atoms with van der Waals surface area (Å²) in [5.41, 5.74) is 0.827. The zero-order valence-electron chi connectivity index (χ0n) is 11.5. The molecule has 0 aliphatic carbocycles. The SMILES string of the molecule is COC(=O)CN1C(=O)/C(=C\c2cccc(OC)c2)SC1=S. The predicted octanol–water partition coefficient (Wildman–Crippen LogP) is 2.07. The summed E-state index contributed by atoms with van der Waals surface area (Å²) in [6, 6.07) is 7.32. The van der Waals surface area contributed by atoms with Crippen LogP contribution in [0.1, 0.15) is 5.56 Å². The molecule has 0 unspecified atom stereocenters. The van der Waals surface area contributed by atoms with Crippen LogP contribution in [0.3, 0.4) is 0 Å². The molecule has 110 valence electrons. The van der Waals surface area contributed by atoms with Crippen molar-refractivity contribution in [1.29, 1.82) is 0 Å². The molecular formula is C14H13NO4S2. The number of hydrogen-bond acceptors (Lipinski definition) is 6. The molecule has 0 spiro atoms. The maximum Gasteiger partial charge on any atom is 0.325 e. The second-order valence-electron chi connectivity index (χ2n) is 4.12.